The van der Waals surface area contributed by atoms with Gasteiger partial charge in [0.1, 0.15) is 0 Å². The first-order chi connectivity index (χ1) is 7.03. The van der Waals surface area contributed by atoms with E-state index in [0.29, 0.717) is 0 Å². The SMILES string of the molecule is O=C(NC1(c2ccc(Br)s2)CC1)C(F)F. The molecule has 0 aromatic carbocycles. The molecule has 6 heteroatoms. The molecule has 0 unspecified atom stereocenters. The zero-order chi connectivity index (χ0) is 11.1. The lowest BCUT2D eigenvalue weighted by Crippen LogP contribution is -2.38. The van der Waals surface area contributed by atoms with Gasteiger partial charge in [0.25, 0.3) is 5.91 Å². The summed E-state index contributed by atoms with van der Waals surface area (Å²) in [5.41, 5.74) is -0.524. The molecule has 0 bridgehead atoms. The van der Waals surface area contributed by atoms with Gasteiger partial charge in [-0.3, -0.25) is 4.79 Å². The van der Waals surface area contributed by atoms with Crippen LogP contribution in [-0.4, -0.2) is 12.3 Å². The summed E-state index contributed by atoms with van der Waals surface area (Å²) in [4.78, 5) is 11.8. The maximum atomic E-state index is 12.1. The number of halogens is 3. The van der Waals surface area contributed by atoms with Crippen molar-refractivity contribution < 1.29 is 13.6 Å². The highest BCUT2D eigenvalue weighted by Crippen LogP contribution is 2.48. The molecule has 0 spiro atoms. The number of alkyl halides is 2. The molecule has 1 N–H and O–H groups in total. The van der Waals surface area contributed by atoms with Crippen molar-refractivity contribution in [2.75, 3.05) is 0 Å². The number of hydrogen-bond donors (Lipinski definition) is 1. The Hall–Kier alpha value is -0.490. The van der Waals surface area contributed by atoms with E-state index in [1.54, 1.807) is 0 Å². The Morgan fingerprint density at radius 1 is 1.53 bits per heavy atom. The van der Waals surface area contributed by atoms with Crippen LogP contribution in [0.1, 0.15) is 17.7 Å². The highest BCUT2D eigenvalue weighted by Gasteiger charge is 2.47. The predicted molar refractivity (Wildman–Crippen MR) is 57.1 cm³/mol. The third-order valence-electron chi connectivity index (χ3n) is 2.36. The topological polar surface area (TPSA) is 29.1 Å². The van der Waals surface area contributed by atoms with E-state index in [4.69, 9.17) is 0 Å². The Morgan fingerprint density at radius 3 is 2.60 bits per heavy atom. The number of hydrogen-bond acceptors (Lipinski definition) is 2. The van der Waals surface area contributed by atoms with Gasteiger partial charge in [0.2, 0.25) is 0 Å². The fraction of sp³-hybridized carbons (Fsp3) is 0.444. The van der Waals surface area contributed by atoms with Crippen LogP contribution < -0.4 is 5.32 Å². The summed E-state index contributed by atoms with van der Waals surface area (Å²) >= 11 is 4.77. The number of carbonyl (C=O) groups excluding carboxylic acids is 1. The van der Waals surface area contributed by atoms with Crippen molar-refractivity contribution in [3.63, 3.8) is 0 Å². The zero-order valence-electron chi connectivity index (χ0n) is 7.60. The second-order valence-corrected chi connectivity index (χ2v) is 5.94. The summed E-state index contributed by atoms with van der Waals surface area (Å²) < 4.78 is 25.1. The van der Waals surface area contributed by atoms with E-state index in [1.807, 2.05) is 12.1 Å². The van der Waals surface area contributed by atoms with Gasteiger partial charge in [-0.15, -0.1) is 11.3 Å². The zero-order valence-corrected chi connectivity index (χ0v) is 10.00. The Kier molecular flexibility index (Phi) is 2.81. The smallest absolute Gasteiger partial charge is 0.315 e. The van der Waals surface area contributed by atoms with E-state index in [9.17, 15) is 13.6 Å². The second kappa shape index (κ2) is 3.83. The lowest BCUT2D eigenvalue weighted by molar-refractivity contribution is -0.132. The normalized spacial score (nSPS) is 17.9. The molecule has 1 saturated carbocycles. The first-order valence-corrected chi connectivity index (χ1v) is 6.00. The van der Waals surface area contributed by atoms with Gasteiger partial charge < -0.3 is 5.32 Å². The van der Waals surface area contributed by atoms with Crippen molar-refractivity contribution in [1.82, 2.24) is 5.32 Å². The lowest BCUT2D eigenvalue weighted by atomic mass is 10.2. The Labute approximate surface area is 97.8 Å². The van der Waals surface area contributed by atoms with Crippen LogP contribution in [0.25, 0.3) is 0 Å². The maximum Gasteiger partial charge on any atom is 0.315 e. The number of rotatable bonds is 3. The fourth-order valence-electron chi connectivity index (χ4n) is 1.42. The van der Waals surface area contributed by atoms with Gasteiger partial charge >= 0.3 is 6.43 Å². The Morgan fingerprint density at radius 2 is 2.20 bits per heavy atom. The van der Waals surface area contributed by atoms with Crippen LogP contribution in [0.5, 0.6) is 0 Å². The van der Waals surface area contributed by atoms with Gasteiger partial charge in [-0.05, 0) is 40.9 Å². The van der Waals surface area contributed by atoms with E-state index >= 15 is 0 Å². The van der Waals surface area contributed by atoms with Crippen molar-refractivity contribution in [2.24, 2.45) is 0 Å². The molecule has 82 valence electrons. The van der Waals surface area contributed by atoms with E-state index < -0.39 is 17.9 Å². The number of carbonyl (C=O) groups is 1. The third-order valence-corrected chi connectivity index (χ3v) is 4.18. The molecule has 1 aromatic rings. The molecule has 1 aliphatic carbocycles. The first-order valence-electron chi connectivity index (χ1n) is 4.39. The number of amides is 1. The average molecular weight is 296 g/mol. The second-order valence-electron chi connectivity index (χ2n) is 3.48. The third kappa shape index (κ3) is 2.20. The molecular weight excluding hydrogens is 288 g/mol. The minimum absolute atomic E-state index is 0.524. The van der Waals surface area contributed by atoms with E-state index in [0.717, 1.165) is 21.5 Å². The average Bonchev–Trinajstić information content (AvgIpc) is 2.81. The molecule has 0 atom stereocenters. The quantitative estimate of drug-likeness (QED) is 0.913. The van der Waals surface area contributed by atoms with Crippen LogP contribution in [0.15, 0.2) is 15.9 Å². The molecule has 0 aliphatic heterocycles. The Bertz CT molecular complexity index is 389. The molecule has 2 nitrogen and oxygen atoms in total. The molecule has 1 heterocycles. The molecular formula is C9H8BrF2NOS. The van der Waals surface area contributed by atoms with Crippen LogP contribution >= 0.6 is 27.3 Å². The minimum Gasteiger partial charge on any atom is -0.341 e. The predicted octanol–water partition coefficient (Wildman–Crippen LogP) is 2.88. The molecule has 1 fully saturated rings. The van der Waals surface area contributed by atoms with Gasteiger partial charge in [0.15, 0.2) is 0 Å². The molecule has 2 rings (SSSR count). The molecule has 15 heavy (non-hydrogen) atoms. The first kappa shape index (κ1) is 11.0. The van der Waals surface area contributed by atoms with Crippen LogP contribution in [-0.2, 0) is 10.3 Å². The maximum absolute atomic E-state index is 12.1. The van der Waals surface area contributed by atoms with Crippen molar-refractivity contribution in [3.05, 3.63) is 20.8 Å². The highest BCUT2D eigenvalue weighted by atomic mass is 79.9. The van der Waals surface area contributed by atoms with Gasteiger partial charge in [-0.1, -0.05) is 0 Å². The summed E-state index contributed by atoms with van der Waals surface area (Å²) in [6.07, 6.45) is -1.47. The standard InChI is InChI=1S/C9H8BrF2NOS/c10-6-2-1-5(15-6)9(3-4-9)13-8(14)7(11)12/h1-2,7H,3-4H2,(H,13,14). The monoisotopic (exact) mass is 295 g/mol. The van der Waals surface area contributed by atoms with Gasteiger partial charge in [-0.25, -0.2) is 0 Å². The molecule has 0 radical (unpaired) electrons. The number of thiophene rings is 1. The van der Waals surface area contributed by atoms with Gasteiger partial charge in [0.05, 0.1) is 9.33 Å². The van der Waals surface area contributed by atoms with Crippen molar-refractivity contribution in [3.8, 4) is 0 Å². The van der Waals surface area contributed by atoms with Gasteiger partial charge in [0, 0.05) is 4.88 Å². The summed E-state index contributed by atoms with van der Waals surface area (Å²) in [7, 11) is 0. The summed E-state index contributed by atoms with van der Waals surface area (Å²) in [6, 6.07) is 3.71. The van der Waals surface area contributed by atoms with E-state index in [2.05, 4.69) is 21.2 Å². The van der Waals surface area contributed by atoms with E-state index in [-0.39, 0.29) is 0 Å². The molecule has 0 saturated heterocycles. The van der Waals surface area contributed by atoms with Crippen LogP contribution in [0.2, 0.25) is 0 Å². The highest BCUT2D eigenvalue weighted by molar-refractivity contribution is 9.11. The van der Waals surface area contributed by atoms with Crippen LogP contribution in [0, 0.1) is 0 Å². The molecule has 1 aliphatic rings. The van der Waals surface area contributed by atoms with Crippen LogP contribution in [0.4, 0.5) is 8.78 Å². The van der Waals surface area contributed by atoms with Gasteiger partial charge in [-0.2, -0.15) is 8.78 Å². The fourth-order valence-corrected chi connectivity index (χ4v) is 3.01. The van der Waals surface area contributed by atoms with Crippen molar-refractivity contribution >= 4 is 33.2 Å². The summed E-state index contributed by atoms with van der Waals surface area (Å²) in [5, 5.41) is 2.40. The largest absolute Gasteiger partial charge is 0.341 e. The molecule has 1 aromatic heterocycles. The van der Waals surface area contributed by atoms with Crippen LogP contribution in [0.3, 0.4) is 0 Å². The lowest BCUT2D eigenvalue weighted by Gasteiger charge is -2.15. The summed E-state index contributed by atoms with van der Waals surface area (Å²) in [6.45, 7) is 0. The van der Waals surface area contributed by atoms with E-state index in [1.165, 1.54) is 11.3 Å². The number of nitrogens with one attached hydrogen (secondary N) is 1. The van der Waals surface area contributed by atoms with Crippen molar-refractivity contribution in [2.45, 2.75) is 24.8 Å². The minimum atomic E-state index is -2.94. The van der Waals surface area contributed by atoms with Crippen molar-refractivity contribution in [1.29, 1.82) is 0 Å². The Balaban J connectivity index is 2.11. The molecule has 1 amide bonds. The summed E-state index contributed by atoms with van der Waals surface area (Å²) in [5.74, 6) is -1.18.